The molecule has 0 bridgehead atoms. The minimum absolute atomic E-state index is 0. The van der Waals surface area contributed by atoms with Gasteiger partial charge in [0.25, 0.3) is 0 Å². The minimum atomic E-state index is 0. The first kappa shape index (κ1) is 23.0. The molecule has 21 heavy (non-hydrogen) atoms. The molecule has 0 unspecified atom stereocenters. The SMILES string of the molecule is C1CCCC1.OCc1ccc(C2CCCC2)cc1.[CH3-].[CH3-].[Fe+2]. The maximum absolute atomic E-state index is 8.89. The summed E-state index contributed by atoms with van der Waals surface area (Å²) in [6.07, 6.45) is 13.0. The van der Waals surface area contributed by atoms with Crippen LogP contribution in [0.4, 0.5) is 0 Å². The van der Waals surface area contributed by atoms with Crippen LogP contribution in [-0.2, 0) is 23.7 Å². The zero-order valence-corrected chi connectivity index (χ0v) is 14.9. The number of aliphatic hydroxyl groups is 1. The summed E-state index contributed by atoms with van der Waals surface area (Å²) in [5, 5.41) is 8.89. The molecular weight excluding hydrogens is 300 g/mol. The van der Waals surface area contributed by atoms with Gasteiger partial charge in [0.05, 0.1) is 6.61 Å². The second kappa shape index (κ2) is 13.4. The second-order valence-electron chi connectivity index (χ2n) is 5.65. The zero-order chi connectivity index (χ0) is 12.6. The third-order valence-electron chi connectivity index (χ3n) is 4.24. The molecule has 0 aliphatic heterocycles. The Labute approximate surface area is 143 Å². The molecule has 0 saturated heterocycles. The van der Waals surface area contributed by atoms with E-state index in [0.717, 1.165) is 11.5 Å². The van der Waals surface area contributed by atoms with Crippen LogP contribution in [0.2, 0.25) is 0 Å². The van der Waals surface area contributed by atoms with Crippen LogP contribution in [0, 0.1) is 14.9 Å². The molecule has 2 aliphatic carbocycles. The Morgan fingerprint density at radius 1 is 0.762 bits per heavy atom. The van der Waals surface area contributed by atoms with Crippen LogP contribution in [0.5, 0.6) is 0 Å². The largest absolute Gasteiger partial charge is 2.00 e. The van der Waals surface area contributed by atoms with Crippen LogP contribution in [0.1, 0.15) is 74.8 Å². The third-order valence-corrected chi connectivity index (χ3v) is 4.24. The van der Waals surface area contributed by atoms with Crippen molar-refractivity contribution in [2.24, 2.45) is 0 Å². The van der Waals surface area contributed by atoms with E-state index in [2.05, 4.69) is 12.1 Å². The van der Waals surface area contributed by atoms with E-state index in [0.29, 0.717) is 0 Å². The summed E-state index contributed by atoms with van der Waals surface area (Å²) >= 11 is 0. The maximum atomic E-state index is 8.89. The molecule has 2 heteroatoms. The summed E-state index contributed by atoms with van der Waals surface area (Å²) in [6.45, 7) is 0.158. The Morgan fingerprint density at radius 2 is 1.19 bits per heavy atom. The number of benzene rings is 1. The summed E-state index contributed by atoms with van der Waals surface area (Å²) in [5.41, 5.74) is 2.47. The first-order valence-electron chi connectivity index (χ1n) is 7.60. The topological polar surface area (TPSA) is 20.2 Å². The molecule has 0 atom stereocenters. The van der Waals surface area contributed by atoms with Crippen molar-refractivity contribution >= 4 is 0 Å². The summed E-state index contributed by atoms with van der Waals surface area (Å²) in [6, 6.07) is 8.41. The van der Waals surface area contributed by atoms with Crippen LogP contribution in [-0.4, -0.2) is 5.11 Å². The van der Waals surface area contributed by atoms with Gasteiger partial charge in [0.15, 0.2) is 0 Å². The van der Waals surface area contributed by atoms with E-state index >= 15 is 0 Å². The van der Waals surface area contributed by atoms with Gasteiger partial charge in [-0.05, 0) is 29.9 Å². The molecule has 0 amide bonds. The predicted molar refractivity (Wildman–Crippen MR) is 89.5 cm³/mol. The fourth-order valence-corrected chi connectivity index (χ4v) is 3.04. The van der Waals surface area contributed by atoms with Gasteiger partial charge in [-0.3, -0.25) is 0 Å². The first-order valence-corrected chi connectivity index (χ1v) is 7.60. The fourth-order valence-electron chi connectivity index (χ4n) is 3.04. The Balaban J connectivity index is 0. The summed E-state index contributed by atoms with van der Waals surface area (Å²) < 4.78 is 0. The molecule has 1 aromatic carbocycles. The zero-order valence-electron chi connectivity index (χ0n) is 13.8. The molecule has 2 aliphatic rings. The Kier molecular flexibility index (Phi) is 14.6. The Morgan fingerprint density at radius 3 is 1.57 bits per heavy atom. The van der Waals surface area contributed by atoms with E-state index in [1.165, 1.54) is 63.4 Å². The molecule has 1 nitrogen and oxygen atoms in total. The van der Waals surface area contributed by atoms with Crippen LogP contribution in [0.25, 0.3) is 0 Å². The standard InChI is InChI=1S/C12H16O.C5H10.2CH3.Fe/c13-9-10-5-7-12(8-6-10)11-3-1-2-4-11;1-2-4-5-3-1;;;/h5-8,11,13H,1-4,9H2;1-5H2;2*1H3;/q;;2*-1;+2. The monoisotopic (exact) mass is 332 g/mol. The van der Waals surface area contributed by atoms with Crippen LogP contribution in [0.3, 0.4) is 0 Å². The van der Waals surface area contributed by atoms with Gasteiger partial charge in [0.2, 0.25) is 0 Å². The average molecular weight is 332 g/mol. The number of hydrogen-bond donors (Lipinski definition) is 1. The number of aliphatic hydroxyl groups excluding tert-OH is 1. The van der Waals surface area contributed by atoms with Gasteiger partial charge >= 0.3 is 17.1 Å². The number of hydrogen-bond acceptors (Lipinski definition) is 1. The summed E-state index contributed by atoms with van der Waals surface area (Å²) in [5.74, 6) is 0.785. The van der Waals surface area contributed by atoms with Gasteiger partial charge in [-0.2, -0.15) is 0 Å². The molecule has 0 heterocycles. The van der Waals surface area contributed by atoms with Gasteiger partial charge < -0.3 is 20.0 Å². The van der Waals surface area contributed by atoms with Crippen molar-refractivity contribution in [1.29, 1.82) is 0 Å². The normalized spacial score (nSPS) is 16.8. The predicted octanol–water partition coefficient (Wildman–Crippen LogP) is 5.69. The van der Waals surface area contributed by atoms with Gasteiger partial charge in [0.1, 0.15) is 0 Å². The van der Waals surface area contributed by atoms with E-state index in [4.69, 9.17) is 5.11 Å². The molecule has 3 rings (SSSR count). The van der Waals surface area contributed by atoms with Crippen molar-refractivity contribution in [2.45, 2.75) is 70.3 Å². The molecule has 0 aromatic heterocycles. The molecule has 0 radical (unpaired) electrons. The molecule has 122 valence electrons. The van der Waals surface area contributed by atoms with Gasteiger partial charge in [-0.15, -0.1) is 0 Å². The van der Waals surface area contributed by atoms with Crippen LogP contribution >= 0.6 is 0 Å². The quantitative estimate of drug-likeness (QED) is 0.545. The van der Waals surface area contributed by atoms with Gasteiger partial charge in [0, 0.05) is 0 Å². The van der Waals surface area contributed by atoms with Crippen LogP contribution in [0.15, 0.2) is 24.3 Å². The molecule has 1 aromatic rings. The van der Waals surface area contributed by atoms with E-state index in [1.54, 1.807) is 0 Å². The van der Waals surface area contributed by atoms with Crippen molar-refractivity contribution < 1.29 is 22.2 Å². The second-order valence-corrected chi connectivity index (χ2v) is 5.65. The van der Waals surface area contributed by atoms with Gasteiger partial charge in [-0.25, -0.2) is 0 Å². The summed E-state index contributed by atoms with van der Waals surface area (Å²) in [4.78, 5) is 0. The molecular formula is C19H32FeO. The van der Waals surface area contributed by atoms with E-state index < -0.39 is 0 Å². The van der Waals surface area contributed by atoms with Crippen molar-refractivity contribution in [2.75, 3.05) is 0 Å². The van der Waals surface area contributed by atoms with Crippen molar-refractivity contribution in [3.8, 4) is 0 Å². The van der Waals surface area contributed by atoms with Crippen LogP contribution < -0.4 is 0 Å². The molecule has 2 saturated carbocycles. The first-order chi connectivity index (χ1) is 8.90. The Hall–Kier alpha value is -0.301. The smallest absolute Gasteiger partial charge is 0.392 e. The maximum Gasteiger partial charge on any atom is 2.00 e. The van der Waals surface area contributed by atoms with Crippen molar-refractivity contribution in [3.63, 3.8) is 0 Å². The molecule has 1 N–H and O–H groups in total. The van der Waals surface area contributed by atoms with E-state index in [9.17, 15) is 0 Å². The average Bonchev–Trinajstić information content (AvgIpc) is 3.14. The molecule has 2 fully saturated rings. The van der Waals surface area contributed by atoms with Gasteiger partial charge in [-0.1, -0.05) is 69.2 Å². The molecule has 0 spiro atoms. The van der Waals surface area contributed by atoms with Crippen molar-refractivity contribution in [1.82, 2.24) is 0 Å². The minimum Gasteiger partial charge on any atom is -0.392 e. The Bertz CT molecular complexity index is 316. The fraction of sp³-hybridized carbons (Fsp3) is 0.579. The third kappa shape index (κ3) is 8.04. The summed E-state index contributed by atoms with van der Waals surface area (Å²) in [7, 11) is 0. The van der Waals surface area contributed by atoms with E-state index in [1.807, 2.05) is 12.1 Å². The number of rotatable bonds is 2. The van der Waals surface area contributed by atoms with Crippen molar-refractivity contribution in [3.05, 3.63) is 50.2 Å². The van der Waals surface area contributed by atoms with E-state index in [-0.39, 0.29) is 38.5 Å².